The van der Waals surface area contributed by atoms with Crippen molar-refractivity contribution in [1.29, 1.82) is 0 Å². The average Bonchev–Trinajstić information content (AvgIpc) is 2.53. The highest BCUT2D eigenvalue weighted by molar-refractivity contribution is 5.77. The number of rotatable bonds is 3. The number of benzene rings is 1. The summed E-state index contributed by atoms with van der Waals surface area (Å²) in [4.78, 5) is 13.9. The van der Waals surface area contributed by atoms with Gasteiger partial charge in [-0.2, -0.15) is 0 Å². The minimum absolute atomic E-state index is 0.200. The number of nitrogens with zero attached hydrogens (tertiary/aromatic N) is 1. The van der Waals surface area contributed by atoms with Gasteiger partial charge in [0.1, 0.15) is 0 Å². The molecule has 1 aromatic rings. The van der Waals surface area contributed by atoms with E-state index in [4.69, 9.17) is 0 Å². The fourth-order valence-electron chi connectivity index (χ4n) is 3.61. The number of piperidine rings is 2. The molecule has 2 aliphatic heterocycles. The van der Waals surface area contributed by atoms with Gasteiger partial charge in [-0.15, -0.1) is 0 Å². The third kappa shape index (κ3) is 2.91. The lowest BCUT2D eigenvalue weighted by atomic mass is 9.84. The van der Waals surface area contributed by atoms with Crippen molar-refractivity contribution in [3.05, 3.63) is 29.8 Å². The third-order valence-electron chi connectivity index (χ3n) is 4.85. The maximum Gasteiger partial charge on any atom is 0.220 e. The lowest BCUT2D eigenvalue weighted by molar-refractivity contribution is -0.124. The van der Waals surface area contributed by atoms with Crippen LogP contribution in [0.3, 0.4) is 0 Å². The zero-order chi connectivity index (χ0) is 14.8. The highest BCUT2D eigenvalue weighted by Gasteiger charge is 2.34. The van der Waals surface area contributed by atoms with Crippen LogP contribution in [0.25, 0.3) is 0 Å². The van der Waals surface area contributed by atoms with Crippen LogP contribution in [0.2, 0.25) is 0 Å². The molecule has 0 aromatic heterocycles. The predicted octanol–water partition coefficient (Wildman–Crippen LogP) is 2.23. The summed E-state index contributed by atoms with van der Waals surface area (Å²) in [6.45, 7) is 3.91. The quantitative estimate of drug-likeness (QED) is 0.897. The van der Waals surface area contributed by atoms with Gasteiger partial charge in [0.25, 0.3) is 0 Å². The highest BCUT2D eigenvalue weighted by Crippen LogP contribution is 2.33. The Morgan fingerprint density at radius 2 is 2.19 bits per heavy atom. The van der Waals surface area contributed by atoms with E-state index in [-0.39, 0.29) is 5.91 Å². The van der Waals surface area contributed by atoms with E-state index < -0.39 is 6.10 Å². The van der Waals surface area contributed by atoms with Crippen molar-refractivity contribution in [1.82, 2.24) is 5.32 Å². The molecule has 4 nitrogen and oxygen atoms in total. The largest absolute Gasteiger partial charge is 0.388 e. The number of carbonyl (C=O) groups is 1. The number of hydrogen-bond acceptors (Lipinski definition) is 3. The number of fused-ring (bicyclic) bond motifs is 1. The Labute approximate surface area is 126 Å². The summed E-state index contributed by atoms with van der Waals surface area (Å²) in [6, 6.07) is 8.50. The highest BCUT2D eigenvalue weighted by atomic mass is 16.3. The van der Waals surface area contributed by atoms with E-state index in [1.165, 1.54) is 0 Å². The van der Waals surface area contributed by atoms with Gasteiger partial charge in [-0.05, 0) is 31.2 Å². The zero-order valence-corrected chi connectivity index (χ0v) is 12.6. The van der Waals surface area contributed by atoms with Crippen molar-refractivity contribution in [2.24, 2.45) is 5.92 Å². The first-order valence-corrected chi connectivity index (χ1v) is 8.00. The maximum absolute atomic E-state index is 11.5. The molecule has 2 fully saturated rings. The minimum atomic E-state index is -0.398. The molecule has 0 aliphatic carbocycles. The van der Waals surface area contributed by atoms with Crippen LogP contribution in [-0.4, -0.2) is 30.1 Å². The van der Waals surface area contributed by atoms with Crippen LogP contribution >= 0.6 is 0 Å². The van der Waals surface area contributed by atoms with Crippen molar-refractivity contribution in [3.63, 3.8) is 0 Å². The number of aliphatic hydroxyl groups is 1. The summed E-state index contributed by atoms with van der Waals surface area (Å²) < 4.78 is 0. The Balaban J connectivity index is 1.78. The first-order chi connectivity index (χ1) is 10.2. The molecule has 3 rings (SSSR count). The number of carbonyl (C=O) groups excluding carboxylic acids is 1. The van der Waals surface area contributed by atoms with Crippen LogP contribution in [0.1, 0.15) is 44.3 Å². The second-order valence-electron chi connectivity index (χ2n) is 6.19. The molecular weight excluding hydrogens is 264 g/mol. The molecule has 2 heterocycles. The van der Waals surface area contributed by atoms with E-state index in [0.29, 0.717) is 18.4 Å². The molecule has 4 heteroatoms. The van der Waals surface area contributed by atoms with Gasteiger partial charge in [-0.25, -0.2) is 0 Å². The standard InChI is InChI=1S/C17H24N2O2/c1-2-16(20)13-5-3-4-6-15(13)19-10-9-14-12(11-19)7-8-17(21)18-14/h3-6,12,14,16,20H,2,7-11H2,1H3,(H,18,21). The summed E-state index contributed by atoms with van der Waals surface area (Å²) in [6.07, 6.45) is 2.95. The number of aliphatic hydroxyl groups excluding tert-OH is 1. The lowest BCUT2D eigenvalue weighted by Gasteiger charge is -2.43. The molecule has 114 valence electrons. The van der Waals surface area contributed by atoms with Crippen molar-refractivity contribution in [3.8, 4) is 0 Å². The summed E-state index contributed by atoms with van der Waals surface area (Å²) in [5.74, 6) is 0.731. The molecule has 3 atom stereocenters. The molecule has 21 heavy (non-hydrogen) atoms. The fourth-order valence-corrected chi connectivity index (χ4v) is 3.61. The fraction of sp³-hybridized carbons (Fsp3) is 0.588. The summed E-state index contributed by atoms with van der Waals surface area (Å²) in [5, 5.41) is 13.3. The molecule has 0 saturated carbocycles. The van der Waals surface area contributed by atoms with Gasteiger partial charge < -0.3 is 15.3 Å². The SMILES string of the molecule is CCC(O)c1ccccc1N1CCC2NC(=O)CCC2C1. The summed E-state index contributed by atoms with van der Waals surface area (Å²) in [7, 11) is 0. The molecule has 2 aliphatic rings. The van der Waals surface area contributed by atoms with Crippen molar-refractivity contribution < 1.29 is 9.90 Å². The van der Waals surface area contributed by atoms with Crippen LogP contribution < -0.4 is 10.2 Å². The molecular formula is C17H24N2O2. The van der Waals surface area contributed by atoms with E-state index >= 15 is 0 Å². The molecule has 0 bridgehead atoms. The van der Waals surface area contributed by atoms with Crippen molar-refractivity contribution in [2.45, 2.75) is 44.8 Å². The van der Waals surface area contributed by atoms with E-state index in [1.807, 2.05) is 25.1 Å². The Bertz CT molecular complexity index is 517. The van der Waals surface area contributed by atoms with Gasteiger partial charge in [0.15, 0.2) is 0 Å². The number of anilines is 1. The molecule has 1 aromatic carbocycles. The molecule has 2 saturated heterocycles. The monoisotopic (exact) mass is 288 g/mol. The second kappa shape index (κ2) is 6.06. The first-order valence-electron chi connectivity index (χ1n) is 8.00. The Hall–Kier alpha value is -1.55. The van der Waals surface area contributed by atoms with Crippen LogP contribution in [0.5, 0.6) is 0 Å². The topological polar surface area (TPSA) is 52.6 Å². The number of amides is 1. The number of para-hydroxylation sites is 1. The summed E-state index contributed by atoms with van der Waals surface area (Å²) in [5.41, 5.74) is 2.18. The van der Waals surface area contributed by atoms with E-state index in [9.17, 15) is 9.90 Å². The normalized spacial score (nSPS) is 27.0. The van der Waals surface area contributed by atoms with Crippen LogP contribution in [-0.2, 0) is 4.79 Å². The van der Waals surface area contributed by atoms with Gasteiger partial charge in [-0.3, -0.25) is 4.79 Å². The lowest BCUT2D eigenvalue weighted by Crippen LogP contribution is -2.54. The number of nitrogens with one attached hydrogen (secondary N) is 1. The van der Waals surface area contributed by atoms with Crippen LogP contribution in [0.15, 0.2) is 24.3 Å². The second-order valence-corrected chi connectivity index (χ2v) is 6.19. The van der Waals surface area contributed by atoms with Gasteiger partial charge in [0, 0.05) is 36.8 Å². The Morgan fingerprint density at radius 1 is 1.38 bits per heavy atom. The van der Waals surface area contributed by atoms with Crippen molar-refractivity contribution >= 4 is 11.6 Å². The van der Waals surface area contributed by atoms with E-state index in [1.54, 1.807) is 0 Å². The maximum atomic E-state index is 11.5. The van der Waals surface area contributed by atoms with E-state index in [2.05, 4.69) is 16.3 Å². The molecule has 1 amide bonds. The van der Waals surface area contributed by atoms with Crippen molar-refractivity contribution in [2.75, 3.05) is 18.0 Å². The molecule has 0 spiro atoms. The smallest absolute Gasteiger partial charge is 0.220 e. The predicted molar refractivity (Wildman–Crippen MR) is 83.2 cm³/mol. The van der Waals surface area contributed by atoms with Crippen LogP contribution in [0.4, 0.5) is 5.69 Å². The van der Waals surface area contributed by atoms with Crippen LogP contribution in [0, 0.1) is 5.92 Å². The van der Waals surface area contributed by atoms with Gasteiger partial charge >= 0.3 is 0 Å². The molecule has 2 N–H and O–H groups in total. The van der Waals surface area contributed by atoms with E-state index in [0.717, 1.165) is 43.6 Å². The first kappa shape index (κ1) is 14.4. The van der Waals surface area contributed by atoms with Gasteiger partial charge in [0.2, 0.25) is 5.91 Å². The van der Waals surface area contributed by atoms with Gasteiger partial charge in [-0.1, -0.05) is 25.1 Å². The minimum Gasteiger partial charge on any atom is -0.388 e. The summed E-state index contributed by atoms with van der Waals surface area (Å²) >= 11 is 0. The third-order valence-corrected chi connectivity index (χ3v) is 4.85. The molecule has 0 radical (unpaired) electrons. The van der Waals surface area contributed by atoms with Gasteiger partial charge in [0.05, 0.1) is 6.10 Å². The zero-order valence-electron chi connectivity index (χ0n) is 12.6. The molecule has 3 unspecified atom stereocenters. The Kier molecular flexibility index (Phi) is 4.15. The number of hydrogen-bond donors (Lipinski definition) is 2. The average molecular weight is 288 g/mol. The Morgan fingerprint density at radius 3 is 3.00 bits per heavy atom.